The number of benzene rings is 2. The van der Waals surface area contributed by atoms with Crippen LogP contribution in [0.2, 0.25) is 0 Å². The molecule has 172 valence electrons. The molecule has 2 aromatic carbocycles. The van der Waals surface area contributed by atoms with Crippen LogP contribution in [0.1, 0.15) is 36.3 Å². The van der Waals surface area contributed by atoms with Gasteiger partial charge in [0.1, 0.15) is 5.76 Å². The molecule has 0 saturated carbocycles. The second-order valence-electron chi connectivity index (χ2n) is 8.35. The van der Waals surface area contributed by atoms with Crippen molar-refractivity contribution in [3.05, 3.63) is 77.2 Å². The number of rotatable bonds is 7. The molecular formula is C25H26N2O4S2. The number of aromatic nitrogens is 1. The second-order valence-corrected chi connectivity index (χ2v) is 11.8. The van der Waals surface area contributed by atoms with Gasteiger partial charge in [-0.15, -0.1) is 0 Å². The third-order valence-electron chi connectivity index (χ3n) is 5.58. The molecule has 0 unspecified atom stereocenters. The zero-order valence-corrected chi connectivity index (χ0v) is 20.7. The molecule has 2 aromatic heterocycles. The van der Waals surface area contributed by atoms with Crippen molar-refractivity contribution >= 4 is 42.4 Å². The highest BCUT2D eigenvalue weighted by Gasteiger charge is 2.23. The van der Waals surface area contributed by atoms with E-state index in [4.69, 9.17) is 9.40 Å². The van der Waals surface area contributed by atoms with Gasteiger partial charge in [0.25, 0.3) is 0 Å². The number of carbonyl (C=O) groups is 1. The lowest BCUT2D eigenvalue weighted by molar-refractivity contribution is -0.118. The fourth-order valence-corrected chi connectivity index (χ4v) is 5.71. The molecule has 4 aromatic rings. The van der Waals surface area contributed by atoms with Gasteiger partial charge in [-0.25, -0.2) is 13.4 Å². The number of aryl methyl sites for hydroxylation is 2. The van der Waals surface area contributed by atoms with Gasteiger partial charge in [-0.2, -0.15) is 0 Å². The minimum Gasteiger partial charge on any atom is -0.467 e. The molecule has 0 fully saturated rings. The Morgan fingerprint density at radius 2 is 1.76 bits per heavy atom. The molecule has 8 heteroatoms. The van der Waals surface area contributed by atoms with E-state index in [9.17, 15) is 13.2 Å². The molecule has 0 aliphatic heterocycles. The van der Waals surface area contributed by atoms with Gasteiger partial charge >= 0.3 is 0 Å². The number of anilines is 1. The molecule has 0 bridgehead atoms. The summed E-state index contributed by atoms with van der Waals surface area (Å²) < 4.78 is 31.3. The van der Waals surface area contributed by atoms with Crippen LogP contribution >= 0.6 is 11.3 Å². The van der Waals surface area contributed by atoms with Gasteiger partial charge in [-0.3, -0.25) is 9.69 Å². The third-order valence-corrected chi connectivity index (χ3v) is 8.97. The Kier molecular flexibility index (Phi) is 6.41. The first kappa shape index (κ1) is 23.2. The van der Waals surface area contributed by atoms with Crippen LogP contribution in [0.4, 0.5) is 5.13 Å². The second kappa shape index (κ2) is 9.11. The molecule has 0 spiro atoms. The SMILES string of the molecule is Cc1ccc(C)c2sc(N(Cc3ccco3)C(=O)Cc3ccc(S(=O)(=O)C(C)C)cc3)nc12. The molecule has 0 atom stereocenters. The van der Waals surface area contributed by atoms with E-state index in [2.05, 4.69) is 6.07 Å². The van der Waals surface area contributed by atoms with E-state index < -0.39 is 15.1 Å². The van der Waals surface area contributed by atoms with Crippen molar-refractivity contribution in [2.45, 2.75) is 50.8 Å². The Morgan fingerprint density at radius 3 is 2.36 bits per heavy atom. The van der Waals surface area contributed by atoms with Gasteiger partial charge < -0.3 is 4.42 Å². The molecule has 0 aliphatic carbocycles. The highest BCUT2D eigenvalue weighted by molar-refractivity contribution is 7.92. The number of amides is 1. The fraction of sp³-hybridized carbons (Fsp3) is 0.280. The Balaban J connectivity index is 1.65. The van der Waals surface area contributed by atoms with E-state index in [1.165, 1.54) is 11.3 Å². The highest BCUT2D eigenvalue weighted by atomic mass is 32.2. The van der Waals surface area contributed by atoms with Crippen LogP contribution in [0.15, 0.2) is 64.1 Å². The zero-order valence-electron chi connectivity index (χ0n) is 19.0. The number of sulfone groups is 1. The topological polar surface area (TPSA) is 80.5 Å². The van der Waals surface area contributed by atoms with Crippen LogP contribution in [0.25, 0.3) is 10.2 Å². The van der Waals surface area contributed by atoms with Crippen LogP contribution in [0, 0.1) is 13.8 Å². The third kappa shape index (κ3) is 4.72. The van der Waals surface area contributed by atoms with Crippen molar-refractivity contribution in [2.75, 3.05) is 4.90 Å². The summed E-state index contributed by atoms with van der Waals surface area (Å²) >= 11 is 1.49. The normalized spacial score (nSPS) is 11.9. The monoisotopic (exact) mass is 482 g/mol. The van der Waals surface area contributed by atoms with Gasteiger partial charge in [0.05, 0.1) is 39.6 Å². The molecular weight excluding hydrogens is 456 g/mol. The predicted molar refractivity (Wildman–Crippen MR) is 131 cm³/mol. The summed E-state index contributed by atoms with van der Waals surface area (Å²) in [6.07, 6.45) is 1.70. The summed E-state index contributed by atoms with van der Waals surface area (Å²) in [5.41, 5.74) is 3.81. The minimum absolute atomic E-state index is 0.122. The van der Waals surface area contributed by atoms with Gasteiger partial charge in [0, 0.05) is 0 Å². The molecule has 33 heavy (non-hydrogen) atoms. The van der Waals surface area contributed by atoms with Crippen molar-refractivity contribution < 1.29 is 17.6 Å². The summed E-state index contributed by atoms with van der Waals surface area (Å²) in [6.45, 7) is 7.62. The average Bonchev–Trinajstić information content (AvgIpc) is 3.45. The van der Waals surface area contributed by atoms with E-state index in [1.807, 2.05) is 26.0 Å². The van der Waals surface area contributed by atoms with Crippen LogP contribution in [-0.2, 0) is 27.6 Å². The first-order chi connectivity index (χ1) is 15.7. The van der Waals surface area contributed by atoms with Crippen molar-refractivity contribution in [1.29, 1.82) is 0 Å². The summed E-state index contributed by atoms with van der Waals surface area (Å²) in [5, 5.41) is 0.113. The van der Waals surface area contributed by atoms with E-state index in [1.54, 1.807) is 55.3 Å². The van der Waals surface area contributed by atoms with Crippen LogP contribution < -0.4 is 4.90 Å². The molecule has 4 rings (SSSR count). The van der Waals surface area contributed by atoms with Crippen LogP contribution in [-0.4, -0.2) is 24.6 Å². The van der Waals surface area contributed by atoms with E-state index in [0.29, 0.717) is 10.9 Å². The maximum Gasteiger partial charge on any atom is 0.233 e. The number of thiazole rings is 1. The highest BCUT2D eigenvalue weighted by Crippen LogP contribution is 2.34. The van der Waals surface area contributed by atoms with Gasteiger partial charge in [-0.05, 0) is 68.7 Å². The van der Waals surface area contributed by atoms with Crippen molar-refractivity contribution in [3.8, 4) is 0 Å². The number of hydrogen-bond acceptors (Lipinski definition) is 6. The molecule has 0 saturated heterocycles. The Hall–Kier alpha value is -2.97. The Labute approximate surface area is 197 Å². The quantitative estimate of drug-likeness (QED) is 0.349. The number of furan rings is 1. The van der Waals surface area contributed by atoms with Crippen LogP contribution in [0.5, 0.6) is 0 Å². The molecule has 0 radical (unpaired) electrons. The molecule has 2 heterocycles. The largest absolute Gasteiger partial charge is 0.467 e. The standard InChI is InChI=1S/C25H26N2O4S2/c1-16(2)33(29,30)21-11-9-19(10-12-21)14-22(28)27(15-20-6-5-13-31-20)25-26-23-17(3)7-8-18(4)24(23)32-25/h5-13,16H,14-15H2,1-4H3. The summed E-state index contributed by atoms with van der Waals surface area (Å²) in [5.74, 6) is 0.523. The number of fused-ring (bicyclic) bond motifs is 1. The van der Waals surface area contributed by atoms with Gasteiger partial charge in [0.2, 0.25) is 5.91 Å². The summed E-state index contributed by atoms with van der Waals surface area (Å²) in [4.78, 5) is 20.1. The van der Waals surface area contributed by atoms with Crippen molar-refractivity contribution in [3.63, 3.8) is 0 Å². The first-order valence-electron chi connectivity index (χ1n) is 10.7. The number of carbonyl (C=O) groups excluding carboxylic acids is 1. The lowest BCUT2D eigenvalue weighted by atomic mass is 10.1. The summed E-state index contributed by atoms with van der Waals surface area (Å²) in [6, 6.07) is 14.3. The van der Waals surface area contributed by atoms with Crippen LogP contribution in [0.3, 0.4) is 0 Å². The van der Waals surface area contributed by atoms with E-state index in [-0.39, 0.29) is 23.8 Å². The molecule has 0 aliphatic rings. The average molecular weight is 483 g/mol. The van der Waals surface area contributed by atoms with E-state index in [0.717, 1.165) is 26.9 Å². The molecule has 1 amide bonds. The fourth-order valence-electron chi connectivity index (χ4n) is 3.52. The first-order valence-corrected chi connectivity index (χ1v) is 13.1. The zero-order chi connectivity index (χ0) is 23.8. The minimum atomic E-state index is -3.35. The maximum absolute atomic E-state index is 13.4. The number of hydrogen-bond donors (Lipinski definition) is 0. The Bertz CT molecular complexity index is 1350. The number of nitrogens with zero attached hydrogens (tertiary/aromatic N) is 2. The van der Waals surface area contributed by atoms with Crippen molar-refractivity contribution in [2.24, 2.45) is 0 Å². The molecule has 0 N–H and O–H groups in total. The predicted octanol–water partition coefficient (Wildman–Crippen LogP) is 5.46. The van der Waals surface area contributed by atoms with Crippen molar-refractivity contribution in [1.82, 2.24) is 4.98 Å². The van der Waals surface area contributed by atoms with Gasteiger partial charge in [0.15, 0.2) is 15.0 Å². The summed E-state index contributed by atoms with van der Waals surface area (Å²) in [7, 11) is -3.35. The molecule has 6 nitrogen and oxygen atoms in total. The lowest BCUT2D eigenvalue weighted by Gasteiger charge is -2.19. The smallest absolute Gasteiger partial charge is 0.233 e. The maximum atomic E-state index is 13.4. The van der Waals surface area contributed by atoms with Gasteiger partial charge in [-0.1, -0.05) is 35.6 Å². The van der Waals surface area contributed by atoms with E-state index >= 15 is 0 Å². The lowest BCUT2D eigenvalue weighted by Crippen LogP contribution is -2.31. The Morgan fingerprint density at radius 1 is 1.06 bits per heavy atom.